The number of nitrogens with two attached hydrogens (primary N) is 1. The summed E-state index contributed by atoms with van der Waals surface area (Å²) in [7, 11) is 0. The third kappa shape index (κ3) is 1.49. The highest BCUT2D eigenvalue weighted by atomic mass is 15.0. The van der Waals surface area contributed by atoms with Crippen LogP contribution in [0.4, 0.5) is 0 Å². The van der Waals surface area contributed by atoms with Crippen LogP contribution in [0.5, 0.6) is 0 Å². The van der Waals surface area contributed by atoms with Crippen molar-refractivity contribution in [2.45, 2.75) is 25.3 Å². The molecule has 2 aliphatic heterocycles. The Morgan fingerprint density at radius 3 is 2.50 bits per heavy atom. The van der Waals surface area contributed by atoms with Gasteiger partial charge in [0.2, 0.25) is 0 Å². The molecule has 0 aromatic heterocycles. The standard InChI is InChI=1S/C9H19N3/c1-8(10)4-9(7-12-5-8)2-3-11-6-9/h11-12H,2-7,10H2,1H3. The van der Waals surface area contributed by atoms with Gasteiger partial charge in [-0.05, 0) is 31.7 Å². The van der Waals surface area contributed by atoms with Gasteiger partial charge < -0.3 is 16.4 Å². The van der Waals surface area contributed by atoms with E-state index in [1.54, 1.807) is 0 Å². The van der Waals surface area contributed by atoms with Gasteiger partial charge in [-0.25, -0.2) is 0 Å². The SMILES string of the molecule is CC1(N)CNCC2(CCNC2)C1. The summed E-state index contributed by atoms with van der Waals surface area (Å²) in [6, 6.07) is 0. The zero-order valence-corrected chi connectivity index (χ0v) is 7.82. The van der Waals surface area contributed by atoms with Crippen molar-refractivity contribution in [3.05, 3.63) is 0 Å². The van der Waals surface area contributed by atoms with E-state index in [9.17, 15) is 0 Å². The van der Waals surface area contributed by atoms with Crippen LogP contribution in [0.25, 0.3) is 0 Å². The molecule has 0 saturated carbocycles. The first-order valence-corrected chi connectivity index (χ1v) is 4.82. The molecular weight excluding hydrogens is 150 g/mol. The molecule has 2 saturated heterocycles. The number of hydrogen-bond donors (Lipinski definition) is 3. The quantitative estimate of drug-likeness (QED) is 0.466. The zero-order valence-electron chi connectivity index (χ0n) is 7.82. The van der Waals surface area contributed by atoms with E-state index in [0.717, 1.165) is 26.2 Å². The average Bonchev–Trinajstić information content (AvgIpc) is 2.34. The lowest BCUT2D eigenvalue weighted by atomic mass is 9.73. The van der Waals surface area contributed by atoms with Crippen molar-refractivity contribution < 1.29 is 0 Å². The molecular formula is C9H19N3. The van der Waals surface area contributed by atoms with Gasteiger partial charge in [0.15, 0.2) is 0 Å². The fraction of sp³-hybridized carbons (Fsp3) is 1.00. The maximum Gasteiger partial charge on any atom is 0.0258 e. The van der Waals surface area contributed by atoms with Crippen molar-refractivity contribution in [1.82, 2.24) is 10.6 Å². The Morgan fingerprint density at radius 1 is 1.17 bits per heavy atom. The molecule has 1 spiro atoms. The van der Waals surface area contributed by atoms with Gasteiger partial charge in [-0.3, -0.25) is 0 Å². The number of hydrogen-bond acceptors (Lipinski definition) is 3. The summed E-state index contributed by atoms with van der Waals surface area (Å²) in [4.78, 5) is 0. The predicted octanol–water partition coefficient (Wildman–Crippen LogP) is -0.323. The minimum absolute atomic E-state index is 0.00424. The highest BCUT2D eigenvalue weighted by Crippen LogP contribution is 2.35. The van der Waals surface area contributed by atoms with Gasteiger partial charge in [-0.2, -0.15) is 0 Å². The highest BCUT2D eigenvalue weighted by Gasteiger charge is 2.41. The summed E-state index contributed by atoms with van der Waals surface area (Å²) in [5, 5.41) is 6.87. The van der Waals surface area contributed by atoms with Crippen molar-refractivity contribution in [1.29, 1.82) is 0 Å². The molecule has 0 bridgehead atoms. The van der Waals surface area contributed by atoms with Crippen molar-refractivity contribution in [2.75, 3.05) is 26.2 Å². The Labute approximate surface area is 74.1 Å². The fourth-order valence-corrected chi connectivity index (χ4v) is 2.69. The number of piperidine rings is 1. The van der Waals surface area contributed by atoms with Gasteiger partial charge >= 0.3 is 0 Å². The van der Waals surface area contributed by atoms with E-state index in [1.165, 1.54) is 12.8 Å². The monoisotopic (exact) mass is 169 g/mol. The maximum absolute atomic E-state index is 6.14. The van der Waals surface area contributed by atoms with Crippen molar-refractivity contribution in [3.63, 3.8) is 0 Å². The summed E-state index contributed by atoms with van der Waals surface area (Å²) in [5.41, 5.74) is 6.61. The number of nitrogens with one attached hydrogen (secondary N) is 2. The lowest BCUT2D eigenvalue weighted by molar-refractivity contribution is 0.164. The lowest BCUT2D eigenvalue weighted by Gasteiger charge is -2.42. The second-order valence-corrected chi connectivity index (χ2v) is 4.86. The van der Waals surface area contributed by atoms with Crippen LogP contribution < -0.4 is 16.4 Å². The van der Waals surface area contributed by atoms with Crippen LogP contribution >= 0.6 is 0 Å². The molecule has 3 nitrogen and oxygen atoms in total. The van der Waals surface area contributed by atoms with Crippen LogP contribution in [0.15, 0.2) is 0 Å². The van der Waals surface area contributed by atoms with Crippen LogP contribution in [-0.4, -0.2) is 31.7 Å². The summed E-state index contributed by atoms with van der Waals surface area (Å²) in [6.07, 6.45) is 2.45. The van der Waals surface area contributed by atoms with Crippen LogP contribution in [0.2, 0.25) is 0 Å². The molecule has 0 radical (unpaired) electrons. The molecule has 0 amide bonds. The fourth-order valence-electron chi connectivity index (χ4n) is 2.69. The second-order valence-electron chi connectivity index (χ2n) is 4.86. The first-order chi connectivity index (χ1) is 5.62. The summed E-state index contributed by atoms with van der Waals surface area (Å²) < 4.78 is 0. The van der Waals surface area contributed by atoms with Gasteiger partial charge in [0, 0.05) is 25.2 Å². The topological polar surface area (TPSA) is 50.1 Å². The highest BCUT2D eigenvalue weighted by molar-refractivity contribution is 5.01. The average molecular weight is 169 g/mol. The van der Waals surface area contributed by atoms with E-state index in [2.05, 4.69) is 17.6 Å². The first-order valence-electron chi connectivity index (χ1n) is 4.82. The molecule has 70 valence electrons. The molecule has 0 aliphatic carbocycles. The van der Waals surface area contributed by atoms with E-state index in [4.69, 9.17) is 5.73 Å². The normalized spacial score (nSPS) is 48.5. The van der Waals surface area contributed by atoms with Crippen molar-refractivity contribution in [2.24, 2.45) is 11.1 Å². The van der Waals surface area contributed by atoms with Crippen molar-refractivity contribution in [3.8, 4) is 0 Å². The van der Waals surface area contributed by atoms with Gasteiger partial charge in [-0.15, -0.1) is 0 Å². The summed E-state index contributed by atoms with van der Waals surface area (Å²) in [5.74, 6) is 0. The van der Waals surface area contributed by atoms with Gasteiger partial charge in [0.25, 0.3) is 0 Å². The molecule has 0 aromatic carbocycles. The molecule has 2 unspecified atom stereocenters. The van der Waals surface area contributed by atoms with Crippen LogP contribution in [0, 0.1) is 5.41 Å². The van der Waals surface area contributed by atoms with E-state index in [0.29, 0.717) is 5.41 Å². The number of rotatable bonds is 0. The lowest BCUT2D eigenvalue weighted by Crippen LogP contribution is -2.58. The van der Waals surface area contributed by atoms with E-state index in [-0.39, 0.29) is 5.54 Å². The van der Waals surface area contributed by atoms with Crippen LogP contribution in [0.1, 0.15) is 19.8 Å². The smallest absolute Gasteiger partial charge is 0.0258 e. The summed E-state index contributed by atoms with van der Waals surface area (Å²) in [6.45, 7) is 6.57. The van der Waals surface area contributed by atoms with E-state index < -0.39 is 0 Å². The molecule has 2 fully saturated rings. The third-order valence-corrected chi connectivity index (χ3v) is 3.14. The summed E-state index contributed by atoms with van der Waals surface area (Å²) >= 11 is 0. The molecule has 2 heterocycles. The Hall–Kier alpha value is -0.120. The van der Waals surface area contributed by atoms with Gasteiger partial charge in [-0.1, -0.05) is 0 Å². The minimum atomic E-state index is 0.00424. The van der Waals surface area contributed by atoms with Gasteiger partial charge in [0.1, 0.15) is 0 Å². The van der Waals surface area contributed by atoms with Crippen LogP contribution in [-0.2, 0) is 0 Å². The molecule has 2 rings (SSSR count). The molecule has 3 heteroatoms. The Bertz CT molecular complexity index is 171. The molecule has 4 N–H and O–H groups in total. The molecule has 2 atom stereocenters. The zero-order chi connectivity index (χ0) is 8.66. The van der Waals surface area contributed by atoms with Crippen molar-refractivity contribution >= 4 is 0 Å². The minimum Gasteiger partial charge on any atom is -0.324 e. The predicted molar refractivity (Wildman–Crippen MR) is 50.0 cm³/mol. The largest absolute Gasteiger partial charge is 0.324 e. The molecule has 12 heavy (non-hydrogen) atoms. The Balaban J connectivity index is 2.07. The molecule has 2 aliphatic rings. The first kappa shape index (κ1) is 8.48. The third-order valence-electron chi connectivity index (χ3n) is 3.14. The molecule has 0 aromatic rings. The second kappa shape index (κ2) is 2.69. The Morgan fingerprint density at radius 2 is 1.92 bits per heavy atom. The van der Waals surface area contributed by atoms with E-state index >= 15 is 0 Å². The maximum atomic E-state index is 6.14. The van der Waals surface area contributed by atoms with Gasteiger partial charge in [0.05, 0.1) is 0 Å². The Kier molecular flexibility index (Phi) is 1.90. The van der Waals surface area contributed by atoms with E-state index in [1.807, 2.05) is 0 Å². The van der Waals surface area contributed by atoms with Crippen LogP contribution in [0.3, 0.4) is 0 Å².